The van der Waals surface area contributed by atoms with Gasteiger partial charge in [0.25, 0.3) is 11.8 Å². The highest BCUT2D eigenvalue weighted by molar-refractivity contribution is 7.03. The van der Waals surface area contributed by atoms with E-state index in [1.807, 2.05) is 53.7 Å². The summed E-state index contributed by atoms with van der Waals surface area (Å²) in [5.41, 5.74) is 3.24. The number of hydrogen-bond acceptors (Lipinski definition) is 6. The van der Waals surface area contributed by atoms with E-state index in [0.29, 0.717) is 11.4 Å². The minimum atomic E-state index is -1.00. The molecule has 3 rings (SSSR count). The summed E-state index contributed by atoms with van der Waals surface area (Å²) in [7, 11) is 0. The van der Waals surface area contributed by atoms with Crippen molar-refractivity contribution in [3.05, 3.63) is 64.1 Å². The maximum Gasteiger partial charge on any atom is 0.280 e. The van der Waals surface area contributed by atoms with Crippen LogP contribution in [0.25, 0.3) is 0 Å². The van der Waals surface area contributed by atoms with Gasteiger partial charge in [0.1, 0.15) is 5.76 Å². The van der Waals surface area contributed by atoms with E-state index in [9.17, 15) is 9.59 Å². The lowest BCUT2D eigenvalue weighted by Gasteiger charge is -2.34. The molecule has 7 nitrogen and oxygen atoms in total. The van der Waals surface area contributed by atoms with E-state index in [1.165, 1.54) is 11.2 Å². The second kappa shape index (κ2) is 9.01. The summed E-state index contributed by atoms with van der Waals surface area (Å²) in [6.07, 6.45) is 2.23. The molecule has 0 aliphatic carbocycles. The minimum absolute atomic E-state index is 0.184. The van der Waals surface area contributed by atoms with Crippen LogP contribution in [0.1, 0.15) is 66.2 Å². The highest BCUT2D eigenvalue weighted by Gasteiger charge is 2.39. The third-order valence-corrected chi connectivity index (χ3v) is 5.84. The quantitative estimate of drug-likeness (QED) is 0.573. The molecule has 164 valence electrons. The van der Waals surface area contributed by atoms with E-state index < -0.39 is 17.5 Å². The average molecular weight is 441 g/mol. The van der Waals surface area contributed by atoms with Gasteiger partial charge in [0.05, 0.1) is 12.0 Å². The fourth-order valence-corrected chi connectivity index (χ4v) is 4.02. The Morgan fingerprint density at radius 3 is 2.42 bits per heavy atom. The summed E-state index contributed by atoms with van der Waals surface area (Å²) in [5.74, 6) is -0.354. The topological polar surface area (TPSA) is 88.3 Å². The van der Waals surface area contributed by atoms with Crippen molar-refractivity contribution in [3.8, 4) is 0 Å². The number of aromatic nitrogens is 2. The lowest BCUT2D eigenvalue weighted by molar-refractivity contribution is -0.124. The van der Waals surface area contributed by atoms with Gasteiger partial charge in [0.2, 0.25) is 0 Å². The van der Waals surface area contributed by atoms with Crippen LogP contribution >= 0.6 is 11.5 Å². The predicted octanol–water partition coefficient (Wildman–Crippen LogP) is 4.75. The smallest absolute Gasteiger partial charge is 0.280 e. The van der Waals surface area contributed by atoms with Gasteiger partial charge in [-0.3, -0.25) is 14.5 Å². The molecule has 0 fully saturated rings. The van der Waals surface area contributed by atoms with Crippen molar-refractivity contribution < 1.29 is 14.0 Å². The zero-order chi connectivity index (χ0) is 22.8. The first-order valence-electron chi connectivity index (χ1n) is 10.2. The van der Waals surface area contributed by atoms with Gasteiger partial charge in [0, 0.05) is 10.9 Å². The Bertz CT molecular complexity index is 1040. The molecule has 0 aliphatic heterocycles. The van der Waals surface area contributed by atoms with Crippen molar-refractivity contribution in [2.24, 2.45) is 0 Å². The van der Waals surface area contributed by atoms with Crippen molar-refractivity contribution in [1.29, 1.82) is 0 Å². The lowest BCUT2D eigenvalue weighted by Crippen LogP contribution is -2.50. The molecule has 1 atom stereocenters. The highest BCUT2D eigenvalue weighted by Crippen LogP contribution is 2.35. The summed E-state index contributed by atoms with van der Waals surface area (Å²) in [5, 5.41) is 8.62. The van der Waals surface area contributed by atoms with Crippen LogP contribution in [0.4, 0.5) is 5.69 Å². The molecule has 2 aromatic heterocycles. The number of amides is 2. The summed E-state index contributed by atoms with van der Waals surface area (Å²) in [6, 6.07) is 6.41. The molecule has 2 heterocycles. The molecule has 0 radical (unpaired) electrons. The van der Waals surface area contributed by atoms with E-state index in [0.717, 1.165) is 34.6 Å². The molecule has 0 spiro atoms. The second-order valence-electron chi connectivity index (χ2n) is 8.36. The van der Waals surface area contributed by atoms with Crippen molar-refractivity contribution in [3.63, 3.8) is 0 Å². The number of nitrogens with one attached hydrogen (secondary N) is 1. The van der Waals surface area contributed by atoms with Crippen molar-refractivity contribution in [2.45, 2.75) is 59.5 Å². The van der Waals surface area contributed by atoms with Gasteiger partial charge in [-0.1, -0.05) is 29.1 Å². The van der Waals surface area contributed by atoms with Crippen LogP contribution in [0.3, 0.4) is 0 Å². The van der Waals surface area contributed by atoms with Crippen LogP contribution < -0.4 is 10.2 Å². The summed E-state index contributed by atoms with van der Waals surface area (Å²) >= 11 is 1.09. The number of rotatable bonds is 7. The number of carbonyl (C=O) groups excluding carboxylic acids is 2. The van der Waals surface area contributed by atoms with Crippen molar-refractivity contribution in [2.75, 3.05) is 4.90 Å². The monoisotopic (exact) mass is 440 g/mol. The Kier molecular flexibility index (Phi) is 6.59. The Morgan fingerprint density at radius 2 is 1.90 bits per heavy atom. The molecule has 0 aliphatic rings. The third-order valence-electron chi connectivity index (χ3n) is 5.34. The Balaban J connectivity index is 2.21. The molecule has 31 heavy (non-hydrogen) atoms. The predicted molar refractivity (Wildman–Crippen MR) is 121 cm³/mol. The highest BCUT2D eigenvalue weighted by atomic mass is 32.1. The number of hydrogen-bond donors (Lipinski definition) is 1. The normalized spacial score (nSPS) is 12.5. The fourth-order valence-electron chi connectivity index (χ4n) is 3.59. The van der Waals surface area contributed by atoms with Gasteiger partial charge >= 0.3 is 0 Å². The first-order valence-corrected chi connectivity index (χ1v) is 11.0. The second-order valence-corrected chi connectivity index (χ2v) is 8.97. The van der Waals surface area contributed by atoms with E-state index >= 15 is 0 Å². The molecule has 0 bridgehead atoms. The van der Waals surface area contributed by atoms with Gasteiger partial charge < -0.3 is 9.73 Å². The zero-order valence-corrected chi connectivity index (χ0v) is 19.5. The average Bonchev–Trinajstić information content (AvgIpc) is 3.39. The van der Waals surface area contributed by atoms with Gasteiger partial charge in [-0.2, -0.15) is 0 Å². The molecule has 0 saturated heterocycles. The molecule has 2 amide bonds. The van der Waals surface area contributed by atoms with Crippen LogP contribution in [0.2, 0.25) is 0 Å². The molecule has 1 N–H and O–H groups in total. The lowest BCUT2D eigenvalue weighted by atomic mass is 9.98. The Morgan fingerprint density at radius 1 is 1.23 bits per heavy atom. The molecule has 1 aromatic carbocycles. The van der Waals surface area contributed by atoms with Gasteiger partial charge in [0.15, 0.2) is 11.7 Å². The first-order chi connectivity index (χ1) is 14.6. The van der Waals surface area contributed by atoms with Gasteiger partial charge in [-0.25, -0.2) is 0 Å². The SMILES string of the molecule is CCC(C)(C)NC(=O)[C@H](c1ccco1)N(C(=O)c1csnn1)c1c(C)cc(C)cc1C. The summed E-state index contributed by atoms with van der Waals surface area (Å²) in [6.45, 7) is 11.8. The molecular formula is C23H28N4O3S. The standard InChI is InChI=1S/C23H28N4O3S/c1-7-23(5,6)24-21(28)20(18-9-8-10-30-18)27(22(29)17-13-31-26-25-17)19-15(3)11-14(2)12-16(19)4/h8-13,20H,7H2,1-6H3,(H,24,28)/t20-/m0/s1. The molecule has 8 heteroatoms. The molecular weight excluding hydrogens is 412 g/mol. The Labute approximate surface area is 186 Å². The maximum absolute atomic E-state index is 13.7. The molecule has 0 unspecified atom stereocenters. The largest absolute Gasteiger partial charge is 0.467 e. The maximum atomic E-state index is 13.7. The van der Waals surface area contributed by atoms with Gasteiger partial charge in [-0.05, 0) is 75.8 Å². The number of anilines is 1. The van der Waals surface area contributed by atoms with Crippen LogP contribution in [-0.4, -0.2) is 26.9 Å². The third kappa shape index (κ3) is 4.85. The number of benzene rings is 1. The van der Waals surface area contributed by atoms with Crippen LogP contribution in [-0.2, 0) is 4.79 Å². The molecule has 3 aromatic rings. The van der Waals surface area contributed by atoms with E-state index in [1.54, 1.807) is 17.5 Å². The number of carbonyl (C=O) groups is 2. The van der Waals surface area contributed by atoms with Crippen LogP contribution in [0.5, 0.6) is 0 Å². The number of aryl methyl sites for hydroxylation is 3. The number of nitrogens with zero attached hydrogens (tertiary/aromatic N) is 3. The van der Waals surface area contributed by atoms with Crippen molar-refractivity contribution in [1.82, 2.24) is 14.9 Å². The van der Waals surface area contributed by atoms with Gasteiger partial charge in [-0.15, -0.1) is 5.10 Å². The van der Waals surface area contributed by atoms with E-state index in [2.05, 4.69) is 14.9 Å². The Hall–Kier alpha value is -3.00. The summed E-state index contributed by atoms with van der Waals surface area (Å²) in [4.78, 5) is 28.8. The molecule has 0 saturated carbocycles. The first kappa shape index (κ1) is 22.7. The van der Waals surface area contributed by atoms with Crippen LogP contribution in [0, 0.1) is 20.8 Å². The van der Waals surface area contributed by atoms with Crippen molar-refractivity contribution >= 4 is 29.0 Å². The number of furan rings is 1. The minimum Gasteiger partial charge on any atom is -0.467 e. The fraction of sp³-hybridized carbons (Fsp3) is 0.391. The zero-order valence-electron chi connectivity index (χ0n) is 18.7. The van der Waals surface area contributed by atoms with Crippen LogP contribution in [0.15, 0.2) is 40.3 Å². The van der Waals surface area contributed by atoms with E-state index in [4.69, 9.17) is 4.42 Å². The van der Waals surface area contributed by atoms with E-state index in [-0.39, 0.29) is 11.6 Å². The summed E-state index contributed by atoms with van der Waals surface area (Å²) < 4.78 is 9.49.